The summed E-state index contributed by atoms with van der Waals surface area (Å²) >= 11 is 6.02. The van der Waals surface area contributed by atoms with Crippen molar-refractivity contribution in [1.82, 2.24) is 9.97 Å². The number of urea groups is 1. The Morgan fingerprint density at radius 2 is 1.93 bits per heavy atom. The molecule has 3 rings (SSSR count). The molecule has 0 spiro atoms. The molecule has 0 saturated heterocycles. The number of hydrogen-bond acceptors (Lipinski definition) is 6. The average molecular weight is 386 g/mol. The van der Waals surface area contributed by atoms with Gasteiger partial charge in [-0.05, 0) is 31.0 Å². The van der Waals surface area contributed by atoms with E-state index in [-0.39, 0.29) is 17.4 Å². The van der Waals surface area contributed by atoms with Crippen molar-refractivity contribution in [2.24, 2.45) is 0 Å². The van der Waals surface area contributed by atoms with Gasteiger partial charge in [0.25, 0.3) is 5.88 Å². The van der Waals surface area contributed by atoms with E-state index < -0.39 is 6.03 Å². The first-order valence-electron chi connectivity index (χ1n) is 8.21. The second-order valence-electron chi connectivity index (χ2n) is 5.49. The fraction of sp³-hybridized carbons (Fsp3) is 0.222. The highest BCUT2D eigenvalue weighted by Gasteiger charge is 2.13. The molecule has 138 valence electrons. The fourth-order valence-electron chi connectivity index (χ4n) is 2.30. The number of ether oxygens (including phenoxy) is 2. The van der Waals surface area contributed by atoms with Crippen molar-refractivity contribution >= 4 is 29.1 Å². The van der Waals surface area contributed by atoms with Gasteiger partial charge in [0.2, 0.25) is 5.69 Å². The molecule has 2 N–H and O–H groups in total. The van der Waals surface area contributed by atoms with Crippen molar-refractivity contribution in [2.75, 3.05) is 23.8 Å². The molecule has 0 radical (unpaired) electrons. The number of nitrogens with one attached hydrogen (secondary N) is 2. The minimum Gasteiger partial charge on any atom is -0.491 e. The van der Waals surface area contributed by atoms with Crippen LogP contribution >= 0.6 is 11.6 Å². The van der Waals surface area contributed by atoms with E-state index in [1.54, 1.807) is 18.2 Å². The number of nitriles is 1. The summed E-state index contributed by atoms with van der Waals surface area (Å²) in [7, 11) is 0. The molecule has 0 atom stereocenters. The summed E-state index contributed by atoms with van der Waals surface area (Å²) in [5, 5.41) is 14.8. The lowest BCUT2D eigenvalue weighted by atomic mass is 10.3. The molecule has 9 heteroatoms. The Labute approximate surface area is 160 Å². The molecule has 0 aliphatic carbocycles. The molecule has 1 aliphatic rings. The van der Waals surface area contributed by atoms with Crippen molar-refractivity contribution in [1.29, 1.82) is 5.26 Å². The van der Waals surface area contributed by atoms with Crippen LogP contribution in [0.4, 0.5) is 16.3 Å². The van der Waals surface area contributed by atoms with Gasteiger partial charge in [0, 0.05) is 5.02 Å². The van der Waals surface area contributed by atoms with Crippen LogP contribution in [0.5, 0.6) is 11.6 Å². The Morgan fingerprint density at radius 3 is 2.70 bits per heavy atom. The second kappa shape index (κ2) is 8.87. The lowest BCUT2D eigenvalue weighted by Gasteiger charge is -2.14. The third-order valence-corrected chi connectivity index (χ3v) is 3.74. The number of hydrogen-bond donors (Lipinski definition) is 2. The fourth-order valence-corrected chi connectivity index (χ4v) is 2.47. The molecule has 8 nitrogen and oxygen atoms in total. The molecule has 0 saturated carbocycles. The molecule has 1 aliphatic heterocycles. The maximum Gasteiger partial charge on any atom is 0.325 e. The molecule has 0 fully saturated rings. The van der Waals surface area contributed by atoms with Gasteiger partial charge in [0.05, 0.1) is 25.1 Å². The van der Waals surface area contributed by atoms with Gasteiger partial charge < -0.3 is 14.8 Å². The summed E-state index contributed by atoms with van der Waals surface area (Å²) in [6.45, 7) is 0.774. The van der Waals surface area contributed by atoms with Crippen LogP contribution in [-0.4, -0.2) is 29.2 Å². The second-order valence-corrected chi connectivity index (χ2v) is 5.92. The van der Waals surface area contributed by atoms with Crippen LogP contribution in [-0.2, 0) is 0 Å². The lowest BCUT2D eigenvalue weighted by Crippen LogP contribution is -2.21. The Balaban J connectivity index is 1.88. The maximum atomic E-state index is 12.3. The van der Waals surface area contributed by atoms with Gasteiger partial charge in [-0.1, -0.05) is 23.8 Å². The van der Waals surface area contributed by atoms with Gasteiger partial charge in [-0.3, -0.25) is 5.32 Å². The van der Waals surface area contributed by atoms with Gasteiger partial charge in [0.15, 0.2) is 5.82 Å². The van der Waals surface area contributed by atoms with Gasteiger partial charge in [-0.25, -0.2) is 9.78 Å². The highest BCUT2D eigenvalue weighted by molar-refractivity contribution is 6.31. The Bertz CT molecular complexity index is 910. The van der Waals surface area contributed by atoms with E-state index in [0.29, 0.717) is 42.5 Å². The summed E-state index contributed by atoms with van der Waals surface area (Å²) in [4.78, 5) is 20.4. The van der Waals surface area contributed by atoms with Gasteiger partial charge in [-0.2, -0.15) is 10.2 Å². The van der Waals surface area contributed by atoms with Gasteiger partial charge in [-0.15, -0.1) is 0 Å². The Kier molecular flexibility index (Phi) is 6.07. The predicted molar refractivity (Wildman–Crippen MR) is 100 cm³/mol. The molecule has 2 amide bonds. The molecular formula is C18H16ClN5O3. The first kappa shape index (κ1) is 18.5. The van der Waals surface area contributed by atoms with Crippen molar-refractivity contribution in [2.45, 2.75) is 12.8 Å². The van der Waals surface area contributed by atoms with Crippen LogP contribution in [0.15, 0.2) is 36.5 Å². The van der Waals surface area contributed by atoms with Gasteiger partial charge >= 0.3 is 6.03 Å². The van der Waals surface area contributed by atoms with Crippen LogP contribution in [0.2, 0.25) is 5.02 Å². The summed E-state index contributed by atoms with van der Waals surface area (Å²) < 4.78 is 11.2. The van der Waals surface area contributed by atoms with Crippen molar-refractivity contribution in [3.8, 4) is 17.7 Å². The van der Waals surface area contributed by atoms with Crippen LogP contribution < -0.4 is 20.1 Å². The number of anilines is 2. The van der Waals surface area contributed by atoms with Gasteiger partial charge in [0.1, 0.15) is 11.8 Å². The lowest BCUT2D eigenvalue weighted by molar-refractivity contribution is 0.261. The highest BCUT2D eigenvalue weighted by Crippen LogP contribution is 2.28. The zero-order valence-electron chi connectivity index (χ0n) is 14.2. The normalized spacial score (nSPS) is 15.8. The van der Waals surface area contributed by atoms with E-state index in [9.17, 15) is 4.79 Å². The SMILES string of the molecule is N#Cc1ncc2nc1OCC/C=C\CCOc1ccc(Cl)cc1NC(=O)N2. The molecule has 2 bridgehead atoms. The van der Waals surface area contributed by atoms with Crippen molar-refractivity contribution < 1.29 is 14.3 Å². The van der Waals surface area contributed by atoms with E-state index >= 15 is 0 Å². The van der Waals surface area contributed by atoms with Crippen LogP contribution in [0, 0.1) is 11.3 Å². The molecule has 1 aromatic carbocycles. The molecule has 27 heavy (non-hydrogen) atoms. The van der Waals surface area contributed by atoms with Crippen molar-refractivity contribution in [3.63, 3.8) is 0 Å². The van der Waals surface area contributed by atoms with Crippen LogP contribution in [0.3, 0.4) is 0 Å². The van der Waals surface area contributed by atoms with E-state index in [4.69, 9.17) is 26.3 Å². The number of halogens is 1. The summed E-state index contributed by atoms with van der Waals surface area (Å²) in [6, 6.07) is 6.33. The Hall–Kier alpha value is -3.31. The van der Waals surface area contributed by atoms with Crippen LogP contribution in [0.25, 0.3) is 0 Å². The Morgan fingerprint density at radius 1 is 1.15 bits per heavy atom. The quantitative estimate of drug-likeness (QED) is 0.668. The third-order valence-electron chi connectivity index (χ3n) is 3.51. The van der Waals surface area contributed by atoms with E-state index in [1.165, 1.54) is 6.20 Å². The number of benzene rings is 1. The summed E-state index contributed by atoms with van der Waals surface area (Å²) in [5.41, 5.74) is 0.478. The summed E-state index contributed by atoms with van der Waals surface area (Å²) in [5.74, 6) is 0.723. The molecule has 0 unspecified atom stereocenters. The van der Waals surface area contributed by atoms with Crippen LogP contribution in [0.1, 0.15) is 18.5 Å². The number of fused-ring (bicyclic) bond motifs is 3. The highest BCUT2D eigenvalue weighted by atomic mass is 35.5. The maximum absolute atomic E-state index is 12.3. The number of amides is 2. The smallest absolute Gasteiger partial charge is 0.325 e. The number of rotatable bonds is 0. The molecule has 2 aromatic rings. The molecule has 2 heterocycles. The zero-order valence-corrected chi connectivity index (χ0v) is 15.0. The first-order valence-corrected chi connectivity index (χ1v) is 8.59. The number of carbonyl (C=O) groups excluding carboxylic acids is 1. The van der Waals surface area contributed by atoms with E-state index in [2.05, 4.69) is 20.6 Å². The molecule has 1 aromatic heterocycles. The number of nitrogens with zero attached hydrogens (tertiary/aromatic N) is 3. The average Bonchev–Trinajstić information content (AvgIpc) is 2.64. The van der Waals surface area contributed by atoms with Crippen molar-refractivity contribution in [3.05, 3.63) is 47.3 Å². The zero-order chi connectivity index (χ0) is 19.1. The standard InChI is InChI=1S/C18H16ClN5O3/c19-12-5-6-15-13(9-12)22-18(25)24-16-11-21-14(10-20)17(23-16)27-8-4-2-1-3-7-26-15/h1-2,5-6,9,11H,3-4,7-8H2,(H2,22,23,24,25)/b2-1-. The monoisotopic (exact) mass is 385 g/mol. The minimum absolute atomic E-state index is 0.0524. The van der Waals surface area contributed by atoms with E-state index in [1.807, 2.05) is 18.2 Å². The predicted octanol–water partition coefficient (Wildman–Crippen LogP) is 3.75. The molecular weight excluding hydrogens is 370 g/mol. The first-order chi connectivity index (χ1) is 13.2. The minimum atomic E-state index is -0.556. The number of aromatic nitrogens is 2. The third kappa shape index (κ3) is 5.09. The topological polar surface area (TPSA) is 109 Å². The van der Waals surface area contributed by atoms with E-state index in [0.717, 1.165) is 0 Å². The summed E-state index contributed by atoms with van der Waals surface area (Å²) in [6.07, 6.45) is 6.53. The largest absolute Gasteiger partial charge is 0.491 e. The number of carbonyl (C=O) groups is 1.